The molecule has 0 aliphatic heterocycles. The third-order valence-corrected chi connectivity index (χ3v) is 3.04. The summed E-state index contributed by atoms with van der Waals surface area (Å²) in [6, 6.07) is 11.8. The molecule has 0 atom stereocenters. The fourth-order valence-electron chi connectivity index (χ4n) is 1.88. The minimum absolute atomic E-state index is 0.0287. The summed E-state index contributed by atoms with van der Waals surface area (Å²) >= 11 is 0. The Labute approximate surface area is 144 Å². The van der Waals surface area contributed by atoms with E-state index in [1.807, 2.05) is 0 Å². The van der Waals surface area contributed by atoms with Gasteiger partial charge in [0.05, 0.1) is 17.8 Å². The highest BCUT2D eigenvalue weighted by molar-refractivity contribution is 5.95. The Hall–Kier alpha value is -3.53. The highest BCUT2D eigenvalue weighted by Crippen LogP contribution is 2.16. The minimum Gasteiger partial charge on any atom is -0.480 e. The van der Waals surface area contributed by atoms with Gasteiger partial charge in [0.25, 0.3) is 5.91 Å². The molecule has 128 valence electrons. The average molecular weight is 341 g/mol. The second-order valence-corrected chi connectivity index (χ2v) is 4.79. The number of hydrogen-bond acceptors (Lipinski definition) is 3. The lowest BCUT2D eigenvalue weighted by molar-refractivity contribution is 0.0997. The fourth-order valence-corrected chi connectivity index (χ4v) is 1.88. The van der Waals surface area contributed by atoms with Gasteiger partial charge in [-0.1, -0.05) is 36.1 Å². The van der Waals surface area contributed by atoms with Gasteiger partial charge in [0.15, 0.2) is 0 Å². The van der Waals surface area contributed by atoms with E-state index in [0.29, 0.717) is 5.75 Å². The number of amides is 3. The first-order valence-electron chi connectivity index (χ1n) is 7.34. The number of nitrogens with one attached hydrogen (secondary N) is 2. The van der Waals surface area contributed by atoms with Crippen LogP contribution in [0.2, 0.25) is 0 Å². The lowest BCUT2D eigenvalue weighted by Gasteiger charge is -2.06. The van der Waals surface area contributed by atoms with Crippen molar-refractivity contribution in [1.29, 1.82) is 0 Å². The smallest absolute Gasteiger partial charge is 0.320 e. The number of primary amides is 1. The number of benzene rings is 2. The van der Waals surface area contributed by atoms with Crippen molar-refractivity contribution in [1.82, 2.24) is 5.32 Å². The van der Waals surface area contributed by atoms with Gasteiger partial charge in [0.2, 0.25) is 0 Å². The van der Waals surface area contributed by atoms with Gasteiger partial charge in [-0.05, 0) is 24.3 Å². The summed E-state index contributed by atoms with van der Waals surface area (Å²) in [5.74, 6) is 4.60. The van der Waals surface area contributed by atoms with E-state index in [1.54, 1.807) is 30.3 Å². The summed E-state index contributed by atoms with van der Waals surface area (Å²) in [4.78, 5) is 22.8. The SMILES string of the molecule is NC(=O)c1ccccc1OCC#CCNC(=O)Nc1ccccc1F. The van der Waals surface area contributed by atoms with Crippen LogP contribution in [0.1, 0.15) is 10.4 Å². The van der Waals surface area contributed by atoms with Crippen LogP contribution in [0.15, 0.2) is 48.5 Å². The number of carbonyl (C=O) groups is 2. The molecule has 2 aromatic carbocycles. The van der Waals surface area contributed by atoms with Gasteiger partial charge in [0.1, 0.15) is 18.2 Å². The van der Waals surface area contributed by atoms with Crippen LogP contribution in [0.5, 0.6) is 5.75 Å². The van der Waals surface area contributed by atoms with Crippen molar-refractivity contribution in [2.75, 3.05) is 18.5 Å². The Morgan fingerprint density at radius 2 is 1.80 bits per heavy atom. The van der Waals surface area contributed by atoms with Crippen molar-refractivity contribution in [3.8, 4) is 17.6 Å². The number of halogens is 1. The molecular formula is C18H16FN3O3. The topological polar surface area (TPSA) is 93.5 Å². The maximum Gasteiger partial charge on any atom is 0.320 e. The van der Waals surface area contributed by atoms with Crippen LogP contribution >= 0.6 is 0 Å². The standard InChI is InChI=1S/C18H16FN3O3/c19-14-8-2-3-9-15(14)22-18(24)21-11-5-6-12-25-16-10-4-1-7-13(16)17(20)23/h1-4,7-10H,11-12H2,(H2,20,23)(H2,21,22,24). The molecule has 7 heteroatoms. The molecule has 0 fully saturated rings. The van der Waals surface area contributed by atoms with Crippen LogP contribution < -0.4 is 21.1 Å². The summed E-state index contributed by atoms with van der Waals surface area (Å²) in [5.41, 5.74) is 5.59. The normalized spacial score (nSPS) is 9.48. The number of para-hydroxylation sites is 2. The van der Waals surface area contributed by atoms with E-state index in [1.165, 1.54) is 18.2 Å². The zero-order valence-corrected chi connectivity index (χ0v) is 13.2. The second-order valence-electron chi connectivity index (χ2n) is 4.79. The number of carbonyl (C=O) groups excluding carboxylic acids is 2. The van der Waals surface area contributed by atoms with Crippen molar-refractivity contribution in [3.63, 3.8) is 0 Å². The van der Waals surface area contributed by atoms with Gasteiger partial charge in [-0.3, -0.25) is 4.79 Å². The van der Waals surface area contributed by atoms with Crippen molar-refractivity contribution in [3.05, 3.63) is 59.9 Å². The first-order valence-corrected chi connectivity index (χ1v) is 7.34. The summed E-state index contributed by atoms with van der Waals surface area (Å²) in [5, 5.41) is 4.84. The van der Waals surface area contributed by atoms with Crippen LogP contribution in [0.4, 0.5) is 14.9 Å². The van der Waals surface area contributed by atoms with E-state index in [-0.39, 0.29) is 24.4 Å². The molecule has 0 spiro atoms. The number of hydrogen-bond donors (Lipinski definition) is 3. The van der Waals surface area contributed by atoms with Gasteiger partial charge in [-0.2, -0.15) is 0 Å². The summed E-state index contributed by atoms with van der Waals surface area (Å²) in [6.07, 6.45) is 0. The Morgan fingerprint density at radius 1 is 1.08 bits per heavy atom. The van der Waals surface area contributed by atoms with E-state index in [9.17, 15) is 14.0 Å². The Balaban J connectivity index is 1.75. The molecule has 0 aliphatic carbocycles. The lowest BCUT2D eigenvalue weighted by Crippen LogP contribution is -2.29. The molecular weight excluding hydrogens is 325 g/mol. The summed E-state index contributed by atoms with van der Waals surface area (Å²) in [7, 11) is 0. The molecule has 4 N–H and O–H groups in total. The van der Waals surface area contributed by atoms with Crippen molar-refractivity contribution < 1.29 is 18.7 Å². The van der Waals surface area contributed by atoms with Crippen LogP contribution in [0.25, 0.3) is 0 Å². The molecule has 0 aromatic heterocycles. The predicted octanol–water partition coefficient (Wildman–Crippen LogP) is 2.13. The first-order chi connectivity index (χ1) is 12.1. The van der Waals surface area contributed by atoms with Crippen molar-refractivity contribution in [2.24, 2.45) is 5.73 Å². The second kappa shape index (κ2) is 8.93. The molecule has 2 aromatic rings. The van der Waals surface area contributed by atoms with Crippen LogP contribution in [0.3, 0.4) is 0 Å². The zero-order valence-electron chi connectivity index (χ0n) is 13.2. The Kier molecular flexibility index (Phi) is 6.37. The molecule has 0 bridgehead atoms. The third-order valence-electron chi connectivity index (χ3n) is 3.04. The molecule has 0 radical (unpaired) electrons. The van der Waals surface area contributed by atoms with Crippen molar-refractivity contribution in [2.45, 2.75) is 0 Å². The van der Waals surface area contributed by atoms with Crippen LogP contribution in [-0.4, -0.2) is 25.1 Å². The summed E-state index contributed by atoms with van der Waals surface area (Å²) < 4.78 is 18.7. The molecule has 0 unspecified atom stereocenters. The summed E-state index contributed by atoms with van der Waals surface area (Å²) in [6.45, 7) is 0.0853. The molecule has 0 saturated heterocycles. The number of rotatable bonds is 5. The third kappa shape index (κ3) is 5.55. The van der Waals surface area contributed by atoms with Crippen molar-refractivity contribution >= 4 is 17.6 Å². The maximum absolute atomic E-state index is 13.4. The average Bonchev–Trinajstić information content (AvgIpc) is 2.60. The quantitative estimate of drug-likeness (QED) is 0.727. The molecule has 25 heavy (non-hydrogen) atoms. The van der Waals surface area contributed by atoms with Gasteiger partial charge in [-0.25, -0.2) is 9.18 Å². The predicted molar refractivity (Wildman–Crippen MR) is 91.7 cm³/mol. The Bertz CT molecular complexity index is 828. The molecule has 0 heterocycles. The minimum atomic E-state index is -0.588. The van der Waals surface area contributed by atoms with Gasteiger partial charge < -0.3 is 21.1 Å². The first kappa shape index (κ1) is 17.8. The Morgan fingerprint density at radius 3 is 2.56 bits per heavy atom. The van der Waals surface area contributed by atoms with Crippen LogP contribution in [0, 0.1) is 17.7 Å². The van der Waals surface area contributed by atoms with E-state index < -0.39 is 17.8 Å². The highest BCUT2D eigenvalue weighted by Gasteiger charge is 2.07. The van der Waals surface area contributed by atoms with Gasteiger partial charge in [0, 0.05) is 0 Å². The van der Waals surface area contributed by atoms with E-state index in [2.05, 4.69) is 22.5 Å². The van der Waals surface area contributed by atoms with E-state index in [4.69, 9.17) is 10.5 Å². The van der Waals surface area contributed by atoms with Gasteiger partial charge in [-0.15, -0.1) is 0 Å². The molecule has 0 aliphatic rings. The highest BCUT2D eigenvalue weighted by atomic mass is 19.1. The monoisotopic (exact) mass is 341 g/mol. The largest absolute Gasteiger partial charge is 0.480 e. The number of anilines is 1. The molecule has 0 saturated carbocycles. The van der Waals surface area contributed by atoms with Crippen LogP contribution in [-0.2, 0) is 0 Å². The number of nitrogens with two attached hydrogens (primary N) is 1. The number of urea groups is 1. The van der Waals surface area contributed by atoms with E-state index in [0.717, 1.165) is 0 Å². The van der Waals surface area contributed by atoms with E-state index >= 15 is 0 Å². The lowest BCUT2D eigenvalue weighted by atomic mass is 10.2. The van der Waals surface area contributed by atoms with Gasteiger partial charge >= 0.3 is 6.03 Å². The number of ether oxygens (including phenoxy) is 1. The molecule has 6 nitrogen and oxygen atoms in total. The molecule has 2 rings (SSSR count). The zero-order chi connectivity index (χ0) is 18.1. The fraction of sp³-hybridized carbons (Fsp3) is 0.111. The molecule has 3 amide bonds. The maximum atomic E-state index is 13.4.